The number of nitrogen functional groups attached to an aromatic ring is 1. The second-order valence-electron chi connectivity index (χ2n) is 5.13. The molecule has 2 rings (SSSR count). The minimum Gasteiger partial charge on any atom is -0.397 e. The molecular weight excluding hydrogens is 309 g/mol. The third-order valence-electron chi connectivity index (χ3n) is 3.87. The highest BCUT2D eigenvalue weighted by Gasteiger charge is 2.24. The molecule has 0 radical (unpaired) electrons. The molecule has 0 aromatic heterocycles. The van der Waals surface area contributed by atoms with Gasteiger partial charge in [-0.25, -0.2) is 4.39 Å². The van der Waals surface area contributed by atoms with Gasteiger partial charge in [-0.15, -0.1) is 0 Å². The number of hydrogen-bond acceptors (Lipinski definition) is 3. The summed E-state index contributed by atoms with van der Waals surface area (Å²) in [7, 11) is 2.02. The highest BCUT2D eigenvalue weighted by Crippen LogP contribution is 2.30. The summed E-state index contributed by atoms with van der Waals surface area (Å²) in [5.74, 6) is -0.314. The Morgan fingerprint density at radius 2 is 2.26 bits per heavy atom. The molecule has 1 aromatic carbocycles. The predicted molar refractivity (Wildman–Crippen MR) is 82.1 cm³/mol. The molecule has 19 heavy (non-hydrogen) atoms. The van der Waals surface area contributed by atoms with Crippen LogP contribution in [-0.4, -0.2) is 37.6 Å². The summed E-state index contributed by atoms with van der Waals surface area (Å²) in [6.45, 7) is 5.38. The van der Waals surface area contributed by atoms with Crippen LogP contribution in [0.2, 0.25) is 0 Å². The lowest BCUT2D eigenvalue weighted by atomic mass is 10.2. The van der Waals surface area contributed by atoms with E-state index in [1.165, 1.54) is 25.5 Å². The van der Waals surface area contributed by atoms with Crippen molar-refractivity contribution in [3.05, 3.63) is 22.4 Å². The number of likely N-dealkylation sites (N-methyl/N-ethyl adjacent to an activating group) is 2. The maximum absolute atomic E-state index is 13.4. The molecule has 1 aliphatic rings. The Morgan fingerprint density at radius 3 is 2.95 bits per heavy atom. The predicted octanol–water partition coefficient (Wildman–Crippen LogP) is 3.09. The molecule has 0 bridgehead atoms. The van der Waals surface area contributed by atoms with Crippen molar-refractivity contribution in [1.29, 1.82) is 0 Å². The molecule has 106 valence electrons. The molecule has 0 aliphatic carbocycles. The van der Waals surface area contributed by atoms with Crippen LogP contribution in [-0.2, 0) is 0 Å². The Morgan fingerprint density at radius 1 is 1.53 bits per heavy atom. The van der Waals surface area contributed by atoms with Gasteiger partial charge in [0.15, 0.2) is 0 Å². The van der Waals surface area contributed by atoms with Gasteiger partial charge in [-0.3, -0.25) is 4.90 Å². The maximum atomic E-state index is 13.4. The molecule has 0 amide bonds. The van der Waals surface area contributed by atoms with Gasteiger partial charge in [0, 0.05) is 25.7 Å². The van der Waals surface area contributed by atoms with Crippen LogP contribution in [0.3, 0.4) is 0 Å². The van der Waals surface area contributed by atoms with E-state index in [9.17, 15) is 4.39 Å². The lowest BCUT2D eigenvalue weighted by Gasteiger charge is -2.29. The van der Waals surface area contributed by atoms with Gasteiger partial charge in [-0.05, 0) is 47.9 Å². The summed E-state index contributed by atoms with van der Waals surface area (Å²) in [6, 6.07) is 3.70. The van der Waals surface area contributed by atoms with Gasteiger partial charge in [0.1, 0.15) is 5.82 Å². The Bertz CT molecular complexity index is 453. The maximum Gasteiger partial charge on any atom is 0.139 e. The van der Waals surface area contributed by atoms with Crippen LogP contribution in [0.1, 0.15) is 19.8 Å². The van der Waals surface area contributed by atoms with Crippen molar-refractivity contribution in [3.63, 3.8) is 0 Å². The van der Waals surface area contributed by atoms with E-state index in [2.05, 4.69) is 32.7 Å². The number of nitrogens with two attached hydrogens (primary N) is 1. The summed E-state index contributed by atoms with van der Waals surface area (Å²) in [4.78, 5) is 4.61. The normalized spacial score (nSPS) is 19.9. The summed E-state index contributed by atoms with van der Waals surface area (Å²) in [5, 5.41) is 0. The third-order valence-corrected chi connectivity index (χ3v) is 4.48. The van der Waals surface area contributed by atoms with Crippen LogP contribution in [0, 0.1) is 5.82 Å². The zero-order chi connectivity index (χ0) is 14.0. The van der Waals surface area contributed by atoms with Gasteiger partial charge in [-0.2, -0.15) is 0 Å². The average molecular weight is 330 g/mol. The first-order valence-electron chi connectivity index (χ1n) is 6.72. The van der Waals surface area contributed by atoms with Crippen molar-refractivity contribution in [2.24, 2.45) is 0 Å². The van der Waals surface area contributed by atoms with E-state index >= 15 is 0 Å². The summed E-state index contributed by atoms with van der Waals surface area (Å²) >= 11 is 3.22. The molecule has 1 saturated heterocycles. The Hall–Kier alpha value is -0.810. The van der Waals surface area contributed by atoms with Gasteiger partial charge in [0.2, 0.25) is 0 Å². The fraction of sp³-hybridized carbons (Fsp3) is 0.571. The molecule has 5 heteroatoms. The number of halogens is 2. The Kier molecular flexibility index (Phi) is 4.68. The molecule has 2 N–H and O–H groups in total. The van der Waals surface area contributed by atoms with Crippen LogP contribution in [0.15, 0.2) is 16.6 Å². The van der Waals surface area contributed by atoms with Crippen LogP contribution >= 0.6 is 15.9 Å². The van der Waals surface area contributed by atoms with E-state index < -0.39 is 0 Å². The third kappa shape index (κ3) is 3.20. The van der Waals surface area contributed by atoms with Crippen LogP contribution in [0.25, 0.3) is 0 Å². The molecule has 1 fully saturated rings. The zero-order valence-electron chi connectivity index (χ0n) is 11.5. The largest absolute Gasteiger partial charge is 0.397 e. The van der Waals surface area contributed by atoms with E-state index in [0.717, 1.165) is 18.8 Å². The first kappa shape index (κ1) is 14.6. The number of rotatable bonds is 4. The molecule has 1 aliphatic heterocycles. The number of benzene rings is 1. The van der Waals surface area contributed by atoms with Crippen LogP contribution in [0.4, 0.5) is 15.8 Å². The minimum absolute atomic E-state index is 0.314. The van der Waals surface area contributed by atoms with Gasteiger partial charge < -0.3 is 10.6 Å². The second-order valence-corrected chi connectivity index (χ2v) is 5.98. The lowest BCUT2D eigenvalue weighted by molar-refractivity contribution is 0.270. The number of likely N-dealkylation sites (tertiary alicyclic amines) is 1. The molecule has 0 saturated carbocycles. The molecular formula is C14H21BrFN3. The minimum atomic E-state index is -0.314. The molecule has 1 aromatic rings. The summed E-state index contributed by atoms with van der Waals surface area (Å²) < 4.78 is 13.9. The molecule has 1 atom stereocenters. The Balaban J connectivity index is 2.11. The van der Waals surface area contributed by atoms with Crippen molar-refractivity contribution in [3.8, 4) is 0 Å². The van der Waals surface area contributed by atoms with E-state index in [-0.39, 0.29) is 5.82 Å². The molecule has 3 nitrogen and oxygen atoms in total. The van der Waals surface area contributed by atoms with Gasteiger partial charge >= 0.3 is 0 Å². The van der Waals surface area contributed by atoms with Crippen LogP contribution < -0.4 is 10.6 Å². The van der Waals surface area contributed by atoms with Gasteiger partial charge in [0.05, 0.1) is 15.8 Å². The quantitative estimate of drug-likeness (QED) is 0.861. The first-order chi connectivity index (χ1) is 9.02. The molecule has 1 unspecified atom stereocenters. The van der Waals surface area contributed by atoms with Crippen molar-refractivity contribution >= 4 is 27.3 Å². The van der Waals surface area contributed by atoms with Crippen LogP contribution in [0.5, 0.6) is 0 Å². The fourth-order valence-electron chi connectivity index (χ4n) is 2.81. The fourth-order valence-corrected chi connectivity index (χ4v) is 3.15. The Labute approximate surface area is 122 Å². The highest BCUT2D eigenvalue weighted by atomic mass is 79.9. The second kappa shape index (κ2) is 6.09. The van der Waals surface area contributed by atoms with Crippen molar-refractivity contribution in [1.82, 2.24) is 4.90 Å². The van der Waals surface area contributed by atoms with E-state index in [0.29, 0.717) is 16.2 Å². The summed E-state index contributed by atoms with van der Waals surface area (Å²) in [6.07, 6.45) is 2.48. The average Bonchev–Trinajstić information content (AvgIpc) is 2.80. The standard InChI is InChI=1S/C14H21BrFN3/c1-3-19-6-4-5-10(19)9-18(2)14-7-11(15)12(16)8-13(14)17/h7-8,10H,3-6,9,17H2,1-2H3. The van der Waals surface area contributed by atoms with Gasteiger partial charge in [-0.1, -0.05) is 6.92 Å². The first-order valence-corrected chi connectivity index (χ1v) is 7.52. The monoisotopic (exact) mass is 329 g/mol. The number of nitrogens with zero attached hydrogens (tertiary/aromatic N) is 2. The van der Waals surface area contributed by atoms with Crippen molar-refractivity contribution in [2.75, 3.05) is 37.3 Å². The van der Waals surface area contributed by atoms with Crippen molar-refractivity contribution < 1.29 is 4.39 Å². The van der Waals surface area contributed by atoms with E-state index in [4.69, 9.17) is 5.73 Å². The summed E-state index contributed by atoms with van der Waals surface area (Å²) in [5.41, 5.74) is 7.29. The number of hydrogen-bond donors (Lipinski definition) is 1. The molecule has 0 spiro atoms. The van der Waals surface area contributed by atoms with Crippen molar-refractivity contribution in [2.45, 2.75) is 25.8 Å². The van der Waals surface area contributed by atoms with E-state index in [1.54, 1.807) is 6.07 Å². The number of anilines is 2. The smallest absolute Gasteiger partial charge is 0.139 e. The highest BCUT2D eigenvalue weighted by molar-refractivity contribution is 9.10. The van der Waals surface area contributed by atoms with Gasteiger partial charge in [0.25, 0.3) is 0 Å². The topological polar surface area (TPSA) is 32.5 Å². The SMILES string of the molecule is CCN1CCCC1CN(C)c1cc(Br)c(F)cc1N. The molecule has 1 heterocycles. The zero-order valence-corrected chi connectivity index (χ0v) is 13.1. The van der Waals surface area contributed by atoms with E-state index in [1.807, 2.05) is 7.05 Å². The lowest BCUT2D eigenvalue weighted by Crippen LogP contribution is -2.39.